The van der Waals surface area contributed by atoms with Crippen molar-refractivity contribution < 1.29 is 53.2 Å². The number of amides is 2. The van der Waals surface area contributed by atoms with E-state index < -0.39 is 65.5 Å². The van der Waals surface area contributed by atoms with Gasteiger partial charge in [0.25, 0.3) is 0 Å². The van der Waals surface area contributed by atoms with Crippen LogP contribution in [0.4, 0.5) is 26.2 Å². The number of aliphatic carboxylic acids is 2. The maximum absolute atomic E-state index is 15.4. The molecule has 1 aliphatic heterocycles. The summed E-state index contributed by atoms with van der Waals surface area (Å²) in [5.41, 5.74) is -3.24. The molecule has 1 saturated heterocycles. The van der Waals surface area contributed by atoms with E-state index in [1.165, 1.54) is 48.5 Å². The molecule has 246 valence electrons. The standard InChI is InChI=1S/C31H28ClFN4O10/c32-18-7-9-20(10-8-18)36-29(44)47-31(22-4-1-2-5-23(22)33,46-26(40)17-30(45,28(42)43)16-25(38)39)27(41)35-19-11-13-21(14-12-19)37-15-3-6-24(37)34/h1-2,4-5,7-14,34,45H,3,6,15-17H2,(H,35,41)(H,36,44)(H,38,39)(H,42,43). The molecule has 2 amide bonds. The summed E-state index contributed by atoms with van der Waals surface area (Å²) >= 11 is 5.88. The fourth-order valence-corrected chi connectivity index (χ4v) is 4.80. The van der Waals surface area contributed by atoms with Gasteiger partial charge in [-0.05, 0) is 67.1 Å². The average Bonchev–Trinajstić information content (AvgIpc) is 3.43. The topological polar surface area (TPSA) is 216 Å². The zero-order valence-electron chi connectivity index (χ0n) is 24.4. The molecule has 0 bridgehead atoms. The van der Waals surface area contributed by atoms with Crippen LogP contribution in [0.15, 0.2) is 72.8 Å². The molecule has 0 aromatic heterocycles. The normalized spacial score (nSPS) is 15.1. The molecule has 1 heterocycles. The molecule has 47 heavy (non-hydrogen) atoms. The Balaban J connectivity index is 1.75. The SMILES string of the molecule is N=C1CCCN1c1ccc(NC(=O)C(OC(=O)CC(O)(CC(=O)O)C(=O)O)(OC(=O)Nc2ccc(Cl)cc2)c2ccccc2F)cc1. The lowest BCUT2D eigenvalue weighted by molar-refractivity contribution is -0.215. The van der Waals surface area contributed by atoms with Crippen molar-refractivity contribution in [3.63, 3.8) is 0 Å². The minimum Gasteiger partial charge on any atom is -0.481 e. The number of carboxylic acid groups (broad SMARTS) is 2. The van der Waals surface area contributed by atoms with Crippen LogP contribution in [-0.2, 0) is 34.4 Å². The Morgan fingerprint density at radius 2 is 1.51 bits per heavy atom. The lowest BCUT2D eigenvalue weighted by Gasteiger charge is -2.32. The third-order valence-electron chi connectivity index (χ3n) is 6.95. The predicted molar refractivity (Wildman–Crippen MR) is 165 cm³/mol. The molecule has 6 N–H and O–H groups in total. The van der Waals surface area contributed by atoms with Gasteiger partial charge in [0.15, 0.2) is 5.60 Å². The molecule has 0 saturated carbocycles. The monoisotopic (exact) mass is 670 g/mol. The average molecular weight is 671 g/mol. The van der Waals surface area contributed by atoms with Crippen LogP contribution in [0.2, 0.25) is 5.02 Å². The number of ether oxygens (including phenoxy) is 2. The van der Waals surface area contributed by atoms with Crippen LogP contribution in [0.5, 0.6) is 0 Å². The number of esters is 1. The molecule has 3 aromatic carbocycles. The van der Waals surface area contributed by atoms with E-state index in [0.717, 1.165) is 18.6 Å². The summed E-state index contributed by atoms with van der Waals surface area (Å²) in [7, 11) is 0. The molecule has 0 spiro atoms. The molecule has 16 heteroatoms. The van der Waals surface area contributed by atoms with Gasteiger partial charge in [-0.1, -0.05) is 23.7 Å². The number of carbonyl (C=O) groups excluding carboxylic acids is 3. The number of hydrogen-bond acceptors (Lipinski definition) is 9. The van der Waals surface area contributed by atoms with Gasteiger partial charge in [0.05, 0.1) is 18.4 Å². The first-order valence-electron chi connectivity index (χ1n) is 13.9. The highest BCUT2D eigenvalue weighted by Gasteiger charge is 2.53. The second kappa shape index (κ2) is 14.3. The molecular formula is C31H28ClFN4O10. The first-order chi connectivity index (χ1) is 22.2. The van der Waals surface area contributed by atoms with Gasteiger partial charge in [-0.25, -0.2) is 14.0 Å². The number of aliphatic hydroxyl groups is 1. The summed E-state index contributed by atoms with van der Waals surface area (Å²) in [5.74, 6) is -11.2. The number of halogens is 2. The van der Waals surface area contributed by atoms with Crippen molar-refractivity contribution in [2.45, 2.75) is 37.1 Å². The lowest BCUT2D eigenvalue weighted by Crippen LogP contribution is -2.51. The summed E-state index contributed by atoms with van der Waals surface area (Å²) in [4.78, 5) is 65.1. The molecule has 4 rings (SSSR count). The van der Waals surface area contributed by atoms with Gasteiger partial charge in [-0.15, -0.1) is 0 Å². The molecule has 3 aromatic rings. The van der Waals surface area contributed by atoms with Gasteiger partial charge < -0.3 is 35.0 Å². The van der Waals surface area contributed by atoms with Crippen LogP contribution in [0.25, 0.3) is 0 Å². The van der Waals surface area contributed by atoms with E-state index in [-0.39, 0.29) is 11.4 Å². The number of nitrogens with zero attached hydrogens (tertiary/aromatic N) is 1. The highest BCUT2D eigenvalue weighted by Crippen LogP contribution is 2.34. The van der Waals surface area contributed by atoms with Gasteiger partial charge in [-0.2, -0.15) is 0 Å². The minimum atomic E-state index is -3.31. The third kappa shape index (κ3) is 8.19. The third-order valence-corrected chi connectivity index (χ3v) is 7.20. The van der Waals surface area contributed by atoms with Crippen molar-refractivity contribution >= 4 is 64.4 Å². The highest BCUT2D eigenvalue weighted by atomic mass is 35.5. The summed E-state index contributed by atoms with van der Waals surface area (Å²) in [6.07, 6.45) is -3.06. The fraction of sp³-hybridized carbons (Fsp3) is 0.226. The second-order valence-corrected chi connectivity index (χ2v) is 10.8. The van der Waals surface area contributed by atoms with Crippen molar-refractivity contribution in [1.29, 1.82) is 5.41 Å². The Morgan fingerprint density at radius 1 is 0.894 bits per heavy atom. The van der Waals surface area contributed by atoms with Crippen molar-refractivity contribution in [2.24, 2.45) is 0 Å². The van der Waals surface area contributed by atoms with Crippen molar-refractivity contribution in [2.75, 3.05) is 22.1 Å². The zero-order valence-corrected chi connectivity index (χ0v) is 25.1. The highest BCUT2D eigenvalue weighted by molar-refractivity contribution is 6.30. The minimum absolute atomic E-state index is 0.0517. The Morgan fingerprint density at radius 3 is 2.09 bits per heavy atom. The molecule has 2 atom stereocenters. The van der Waals surface area contributed by atoms with Gasteiger partial charge in [0, 0.05) is 35.1 Å². The first-order valence-corrected chi connectivity index (χ1v) is 14.3. The van der Waals surface area contributed by atoms with E-state index in [9.17, 15) is 34.2 Å². The summed E-state index contributed by atoms with van der Waals surface area (Å²) in [6.45, 7) is 0.609. The van der Waals surface area contributed by atoms with Gasteiger partial charge in [0.1, 0.15) is 11.7 Å². The summed E-state index contributed by atoms with van der Waals surface area (Å²) in [6, 6.07) is 15.8. The van der Waals surface area contributed by atoms with Crippen LogP contribution in [0.3, 0.4) is 0 Å². The van der Waals surface area contributed by atoms with Crippen LogP contribution in [0, 0.1) is 11.2 Å². The molecule has 1 fully saturated rings. The number of nitrogens with one attached hydrogen (secondary N) is 3. The van der Waals surface area contributed by atoms with Crippen LogP contribution in [0.1, 0.15) is 31.2 Å². The number of carbonyl (C=O) groups is 5. The Kier molecular flexibility index (Phi) is 10.4. The summed E-state index contributed by atoms with van der Waals surface area (Å²) < 4.78 is 26.0. The number of benzene rings is 3. The molecule has 0 aliphatic carbocycles. The first kappa shape index (κ1) is 34.3. The van der Waals surface area contributed by atoms with Gasteiger partial charge >= 0.3 is 35.7 Å². The quantitative estimate of drug-likeness (QED) is 0.118. The largest absolute Gasteiger partial charge is 0.481 e. The smallest absolute Gasteiger partial charge is 0.415 e. The predicted octanol–water partition coefficient (Wildman–Crippen LogP) is 4.32. The van der Waals surface area contributed by atoms with Crippen LogP contribution < -0.4 is 15.5 Å². The maximum atomic E-state index is 15.4. The molecule has 1 aliphatic rings. The lowest BCUT2D eigenvalue weighted by atomic mass is 9.95. The number of hydrogen-bond donors (Lipinski definition) is 6. The number of rotatable bonds is 12. The number of amidine groups is 1. The molecule has 2 unspecified atom stereocenters. The molecule has 14 nitrogen and oxygen atoms in total. The van der Waals surface area contributed by atoms with E-state index in [1.807, 2.05) is 0 Å². The molecular weight excluding hydrogens is 643 g/mol. The molecule has 0 radical (unpaired) electrons. The van der Waals surface area contributed by atoms with E-state index in [0.29, 0.717) is 29.5 Å². The Bertz CT molecular complexity index is 1710. The van der Waals surface area contributed by atoms with Gasteiger partial charge in [0.2, 0.25) is 0 Å². The fourth-order valence-electron chi connectivity index (χ4n) is 4.68. The van der Waals surface area contributed by atoms with Crippen molar-refractivity contribution in [3.05, 3.63) is 89.2 Å². The van der Waals surface area contributed by atoms with Gasteiger partial charge in [-0.3, -0.25) is 25.1 Å². The number of carboxylic acids is 2. The zero-order chi connectivity index (χ0) is 34.4. The van der Waals surface area contributed by atoms with E-state index in [4.69, 9.17) is 31.6 Å². The number of anilines is 3. The Hall–Kier alpha value is -5.54. The van der Waals surface area contributed by atoms with Crippen molar-refractivity contribution in [1.82, 2.24) is 0 Å². The van der Waals surface area contributed by atoms with Crippen LogP contribution in [-0.4, -0.2) is 63.2 Å². The van der Waals surface area contributed by atoms with E-state index >= 15 is 4.39 Å². The van der Waals surface area contributed by atoms with Crippen LogP contribution >= 0.6 is 11.6 Å². The van der Waals surface area contributed by atoms with E-state index in [2.05, 4.69) is 10.6 Å². The second-order valence-electron chi connectivity index (χ2n) is 10.4. The summed E-state index contributed by atoms with van der Waals surface area (Å²) in [5, 5.41) is 42.1. The van der Waals surface area contributed by atoms with E-state index in [1.54, 1.807) is 17.0 Å². The van der Waals surface area contributed by atoms with Crippen molar-refractivity contribution in [3.8, 4) is 0 Å². The Labute approximate surface area is 271 Å². The maximum Gasteiger partial charge on any atom is 0.415 e.